The number of nitrogens with zero attached hydrogens (tertiary/aromatic N) is 1. The van der Waals surface area contributed by atoms with Gasteiger partial charge in [0.2, 0.25) is 0 Å². The number of carbonyl (C=O) groups excluding carboxylic acids is 3. The minimum Gasteiger partial charge on any atom is -0.459 e. The van der Waals surface area contributed by atoms with Crippen LogP contribution in [0.15, 0.2) is 170 Å². The standard InChI is InChI=1S/C46H40N2O6/c1-48(45(52)54-31-40-38-28-16-14-26-36(38)37-27-15-17-29-39(37)40)41(44(51)53-30-32-18-6-2-7-19-32)42(49)43(50)47-46(33-20-8-3-9-21-33,34-22-10-4-11-23-34)35-24-12-5-13-25-35/h2-29,40-42,49H,30-31H2,1H3,(H,47,50). The highest BCUT2D eigenvalue weighted by molar-refractivity contribution is 5.92. The van der Waals surface area contributed by atoms with E-state index in [0.717, 1.165) is 43.8 Å². The lowest BCUT2D eigenvalue weighted by molar-refractivity contribution is -0.158. The molecule has 0 saturated heterocycles. The van der Waals surface area contributed by atoms with Gasteiger partial charge in [0.1, 0.15) is 18.8 Å². The molecule has 2 unspecified atom stereocenters. The summed E-state index contributed by atoms with van der Waals surface area (Å²) in [5.41, 5.74) is 5.74. The van der Waals surface area contributed by atoms with E-state index in [1.54, 1.807) is 12.1 Å². The fourth-order valence-corrected chi connectivity index (χ4v) is 7.31. The number of rotatable bonds is 12. The van der Waals surface area contributed by atoms with Gasteiger partial charge in [-0.25, -0.2) is 9.59 Å². The number of aliphatic hydroxyl groups excluding tert-OH is 1. The summed E-state index contributed by atoms with van der Waals surface area (Å²) >= 11 is 0. The Morgan fingerprint density at radius 3 is 1.54 bits per heavy atom. The molecule has 270 valence electrons. The van der Waals surface area contributed by atoms with Gasteiger partial charge in [-0.15, -0.1) is 0 Å². The van der Waals surface area contributed by atoms with E-state index >= 15 is 0 Å². The van der Waals surface area contributed by atoms with Crippen LogP contribution in [-0.4, -0.2) is 53.8 Å². The van der Waals surface area contributed by atoms with Crippen molar-refractivity contribution in [2.24, 2.45) is 0 Å². The van der Waals surface area contributed by atoms with E-state index in [2.05, 4.69) is 5.32 Å². The van der Waals surface area contributed by atoms with Crippen LogP contribution in [0.1, 0.15) is 39.3 Å². The van der Waals surface area contributed by atoms with E-state index < -0.39 is 35.7 Å². The molecule has 2 N–H and O–H groups in total. The lowest BCUT2D eigenvalue weighted by Gasteiger charge is -2.38. The maximum atomic E-state index is 14.5. The maximum Gasteiger partial charge on any atom is 0.410 e. The van der Waals surface area contributed by atoms with Gasteiger partial charge in [0.25, 0.3) is 5.91 Å². The van der Waals surface area contributed by atoms with Gasteiger partial charge < -0.3 is 19.9 Å². The molecule has 2 atom stereocenters. The first-order chi connectivity index (χ1) is 26.4. The van der Waals surface area contributed by atoms with Crippen LogP contribution in [-0.2, 0) is 31.2 Å². The van der Waals surface area contributed by atoms with Crippen molar-refractivity contribution in [2.75, 3.05) is 13.7 Å². The molecule has 0 spiro atoms. The van der Waals surface area contributed by atoms with E-state index in [1.165, 1.54) is 7.05 Å². The van der Waals surface area contributed by atoms with E-state index in [4.69, 9.17) is 9.47 Å². The number of ether oxygens (including phenoxy) is 2. The van der Waals surface area contributed by atoms with Crippen LogP contribution in [0.3, 0.4) is 0 Å². The summed E-state index contributed by atoms with van der Waals surface area (Å²) in [5, 5.41) is 15.1. The number of amides is 2. The predicted octanol–water partition coefficient (Wildman–Crippen LogP) is 7.45. The van der Waals surface area contributed by atoms with Gasteiger partial charge in [-0.05, 0) is 44.5 Å². The van der Waals surface area contributed by atoms with Gasteiger partial charge in [-0.3, -0.25) is 9.69 Å². The molecule has 8 heteroatoms. The van der Waals surface area contributed by atoms with E-state index in [9.17, 15) is 19.5 Å². The second-order valence-corrected chi connectivity index (χ2v) is 13.2. The van der Waals surface area contributed by atoms with Crippen molar-refractivity contribution in [1.82, 2.24) is 10.2 Å². The summed E-state index contributed by atoms with van der Waals surface area (Å²) in [6.07, 6.45) is -2.96. The molecule has 0 bridgehead atoms. The highest BCUT2D eigenvalue weighted by Crippen LogP contribution is 2.44. The van der Waals surface area contributed by atoms with E-state index in [-0.39, 0.29) is 19.1 Å². The first-order valence-corrected chi connectivity index (χ1v) is 17.8. The number of esters is 1. The fourth-order valence-electron chi connectivity index (χ4n) is 7.31. The van der Waals surface area contributed by atoms with Crippen molar-refractivity contribution in [2.45, 2.75) is 30.2 Å². The van der Waals surface area contributed by atoms with Gasteiger partial charge in [-0.1, -0.05) is 170 Å². The summed E-state index contributed by atoms with van der Waals surface area (Å²) in [6.45, 7) is -0.157. The lowest BCUT2D eigenvalue weighted by atomic mass is 9.76. The molecule has 6 aromatic carbocycles. The zero-order valence-corrected chi connectivity index (χ0v) is 29.7. The van der Waals surface area contributed by atoms with Crippen LogP contribution >= 0.6 is 0 Å². The third-order valence-corrected chi connectivity index (χ3v) is 10.0. The molecule has 1 aliphatic carbocycles. The number of likely N-dealkylation sites (N-methyl/N-ethyl adjacent to an activating group) is 1. The number of aliphatic hydroxyl groups is 1. The Morgan fingerprint density at radius 2 is 1.06 bits per heavy atom. The lowest BCUT2D eigenvalue weighted by Crippen LogP contribution is -2.59. The zero-order chi connectivity index (χ0) is 37.5. The molecule has 0 fully saturated rings. The predicted molar refractivity (Wildman–Crippen MR) is 206 cm³/mol. The van der Waals surface area contributed by atoms with Gasteiger partial charge >= 0.3 is 12.1 Å². The van der Waals surface area contributed by atoms with E-state index in [0.29, 0.717) is 5.56 Å². The highest BCUT2D eigenvalue weighted by Gasteiger charge is 2.45. The van der Waals surface area contributed by atoms with Crippen molar-refractivity contribution < 1.29 is 29.0 Å². The molecule has 0 aliphatic heterocycles. The summed E-state index contributed by atoms with van der Waals surface area (Å²) in [4.78, 5) is 43.3. The second kappa shape index (κ2) is 16.0. The number of nitrogens with one attached hydrogen (secondary N) is 1. The molecule has 54 heavy (non-hydrogen) atoms. The van der Waals surface area contributed by atoms with Gasteiger partial charge in [0, 0.05) is 13.0 Å². The molecule has 6 aromatic rings. The Balaban J connectivity index is 1.20. The topological polar surface area (TPSA) is 105 Å². The Labute approximate surface area is 314 Å². The molecule has 0 radical (unpaired) electrons. The normalized spacial score (nSPS) is 13.1. The average Bonchev–Trinajstić information content (AvgIpc) is 3.55. The van der Waals surface area contributed by atoms with Crippen molar-refractivity contribution in [3.05, 3.63) is 203 Å². The smallest absolute Gasteiger partial charge is 0.410 e. The third kappa shape index (κ3) is 7.12. The molecular formula is C46H40N2O6. The molecule has 7 rings (SSSR count). The Hall–Kier alpha value is -6.51. The first kappa shape index (κ1) is 35.9. The van der Waals surface area contributed by atoms with Crippen molar-refractivity contribution in [1.29, 1.82) is 0 Å². The summed E-state index contributed by atoms with van der Waals surface area (Å²) in [7, 11) is 1.32. The Kier molecular flexibility index (Phi) is 10.6. The van der Waals surface area contributed by atoms with Gasteiger partial charge in [0.15, 0.2) is 12.1 Å². The number of benzene rings is 6. The number of hydrogen-bond donors (Lipinski definition) is 2. The van der Waals surface area contributed by atoms with Crippen LogP contribution in [0.5, 0.6) is 0 Å². The third-order valence-electron chi connectivity index (χ3n) is 10.0. The molecule has 1 aliphatic rings. The van der Waals surface area contributed by atoms with Crippen LogP contribution in [0.25, 0.3) is 11.1 Å². The van der Waals surface area contributed by atoms with Crippen LogP contribution in [0, 0.1) is 0 Å². The monoisotopic (exact) mass is 716 g/mol. The molecule has 2 amide bonds. The highest BCUT2D eigenvalue weighted by atomic mass is 16.6. The van der Waals surface area contributed by atoms with Gasteiger partial charge in [0.05, 0.1) is 0 Å². The van der Waals surface area contributed by atoms with Crippen molar-refractivity contribution in [3.8, 4) is 11.1 Å². The summed E-state index contributed by atoms with van der Waals surface area (Å²) < 4.78 is 11.5. The molecule has 0 saturated carbocycles. The first-order valence-electron chi connectivity index (χ1n) is 17.8. The molecule has 0 aromatic heterocycles. The largest absolute Gasteiger partial charge is 0.459 e. The fraction of sp³-hybridized carbons (Fsp3) is 0.152. The average molecular weight is 717 g/mol. The van der Waals surface area contributed by atoms with Crippen molar-refractivity contribution in [3.63, 3.8) is 0 Å². The molecular weight excluding hydrogens is 677 g/mol. The molecule has 8 nitrogen and oxygen atoms in total. The van der Waals surface area contributed by atoms with E-state index in [1.807, 2.05) is 158 Å². The Bertz CT molecular complexity index is 2070. The quantitative estimate of drug-likeness (QED) is 0.101. The summed E-state index contributed by atoms with van der Waals surface area (Å²) in [6, 6.07) is 51.4. The van der Waals surface area contributed by atoms with Crippen LogP contribution < -0.4 is 5.32 Å². The van der Waals surface area contributed by atoms with Gasteiger partial charge in [-0.2, -0.15) is 0 Å². The number of fused-ring (bicyclic) bond motifs is 3. The molecule has 0 heterocycles. The van der Waals surface area contributed by atoms with Crippen LogP contribution in [0.4, 0.5) is 4.79 Å². The minimum absolute atomic E-state index is 0.0234. The minimum atomic E-state index is -2.06. The maximum absolute atomic E-state index is 14.5. The van der Waals surface area contributed by atoms with Crippen LogP contribution in [0.2, 0.25) is 0 Å². The number of hydrogen-bond acceptors (Lipinski definition) is 6. The second-order valence-electron chi connectivity index (χ2n) is 13.2. The SMILES string of the molecule is CN(C(=O)OCC1c2ccccc2-c2ccccc21)C(C(=O)OCc1ccccc1)C(O)C(=O)NC(c1ccccc1)(c1ccccc1)c1ccccc1. The number of carbonyl (C=O) groups is 3. The summed E-state index contributed by atoms with van der Waals surface area (Å²) in [5.74, 6) is -2.11. The van der Waals surface area contributed by atoms with Crippen molar-refractivity contribution >= 4 is 18.0 Å². The zero-order valence-electron chi connectivity index (χ0n) is 29.7. The Morgan fingerprint density at radius 1 is 0.630 bits per heavy atom.